The lowest BCUT2D eigenvalue weighted by atomic mass is 10.2. The predicted octanol–water partition coefficient (Wildman–Crippen LogP) is 4.44. The summed E-state index contributed by atoms with van der Waals surface area (Å²) in [5, 5.41) is 14.3. The number of benzene rings is 2. The van der Waals surface area contributed by atoms with Gasteiger partial charge in [0.05, 0.1) is 24.7 Å². The second-order valence-corrected chi connectivity index (χ2v) is 5.95. The summed E-state index contributed by atoms with van der Waals surface area (Å²) in [7, 11) is 1.63. The van der Waals surface area contributed by atoms with E-state index in [1.54, 1.807) is 13.3 Å². The van der Waals surface area contributed by atoms with Gasteiger partial charge < -0.3 is 15.4 Å². The van der Waals surface area contributed by atoms with Crippen LogP contribution in [-0.2, 0) is 0 Å². The van der Waals surface area contributed by atoms with Gasteiger partial charge in [0.15, 0.2) is 5.82 Å². The number of nitrogens with zero attached hydrogens (tertiary/aromatic N) is 3. The Morgan fingerprint density at radius 3 is 2.67 bits per heavy atom. The maximum atomic E-state index is 5.32. The Hall–Kier alpha value is -2.67. The average Bonchev–Trinajstić information content (AvgIpc) is 2.58. The molecule has 122 valence electrons. The van der Waals surface area contributed by atoms with E-state index in [4.69, 9.17) is 4.74 Å². The zero-order valence-corrected chi connectivity index (χ0v) is 14.8. The van der Waals surface area contributed by atoms with Crippen LogP contribution >= 0.6 is 15.9 Å². The average molecular weight is 386 g/mol. The highest BCUT2D eigenvalue weighted by Gasteiger charge is 2.07. The lowest BCUT2D eigenvalue weighted by Gasteiger charge is -2.11. The van der Waals surface area contributed by atoms with Gasteiger partial charge in [-0.15, -0.1) is 5.10 Å². The number of rotatable bonds is 5. The molecule has 0 atom stereocenters. The molecule has 0 amide bonds. The first-order valence-corrected chi connectivity index (χ1v) is 8.08. The minimum absolute atomic E-state index is 0.402. The van der Waals surface area contributed by atoms with E-state index >= 15 is 0 Å². The first-order chi connectivity index (χ1) is 11.7. The highest BCUT2D eigenvalue weighted by molar-refractivity contribution is 9.10. The van der Waals surface area contributed by atoms with Crippen molar-refractivity contribution >= 4 is 39.1 Å². The van der Waals surface area contributed by atoms with Gasteiger partial charge in [0, 0.05) is 4.47 Å². The number of aromatic nitrogens is 3. The van der Waals surface area contributed by atoms with Crippen LogP contribution in [0, 0.1) is 6.92 Å². The number of para-hydroxylation sites is 2. The zero-order valence-electron chi connectivity index (χ0n) is 13.2. The van der Waals surface area contributed by atoms with Crippen LogP contribution in [0.4, 0.5) is 23.1 Å². The van der Waals surface area contributed by atoms with Crippen LogP contribution in [0.2, 0.25) is 0 Å². The molecule has 0 fully saturated rings. The number of methoxy groups -OCH3 is 1. The van der Waals surface area contributed by atoms with Crippen LogP contribution in [0.1, 0.15) is 5.56 Å². The maximum absolute atomic E-state index is 5.32. The minimum Gasteiger partial charge on any atom is -0.495 e. The van der Waals surface area contributed by atoms with Crippen molar-refractivity contribution in [1.29, 1.82) is 0 Å². The number of anilines is 4. The molecule has 1 heterocycles. The molecule has 0 saturated carbocycles. The summed E-state index contributed by atoms with van der Waals surface area (Å²) in [4.78, 5) is 4.43. The number of aryl methyl sites for hydroxylation is 1. The third-order valence-corrected chi connectivity index (χ3v) is 3.96. The summed E-state index contributed by atoms with van der Waals surface area (Å²) in [6, 6.07) is 13.6. The number of ether oxygens (including phenoxy) is 1. The van der Waals surface area contributed by atoms with E-state index in [1.165, 1.54) is 0 Å². The van der Waals surface area contributed by atoms with Crippen molar-refractivity contribution in [2.75, 3.05) is 17.7 Å². The van der Waals surface area contributed by atoms with Crippen molar-refractivity contribution in [2.24, 2.45) is 0 Å². The van der Waals surface area contributed by atoms with Crippen LogP contribution < -0.4 is 15.4 Å². The number of hydrogen-bond acceptors (Lipinski definition) is 6. The summed E-state index contributed by atoms with van der Waals surface area (Å²) in [5.74, 6) is 1.70. The molecular weight excluding hydrogens is 370 g/mol. The lowest BCUT2D eigenvalue weighted by molar-refractivity contribution is 0.417. The Kier molecular flexibility index (Phi) is 4.90. The van der Waals surface area contributed by atoms with E-state index < -0.39 is 0 Å². The van der Waals surface area contributed by atoms with Gasteiger partial charge in [-0.3, -0.25) is 0 Å². The van der Waals surface area contributed by atoms with Crippen molar-refractivity contribution in [2.45, 2.75) is 6.92 Å². The van der Waals surface area contributed by atoms with Gasteiger partial charge in [0.1, 0.15) is 5.75 Å². The van der Waals surface area contributed by atoms with E-state index in [1.807, 2.05) is 49.4 Å². The zero-order chi connectivity index (χ0) is 16.9. The first-order valence-electron chi connectivity index (χ1n) is 7.28. The smallest absolute Gasteiger partial charge is 0.249 e. The fourth-order valence-electron chi connectivity index (χ4n) is 2.14. The summed E-state index contributed by atoms with van der Waals surface area (Å²) >= 11 is 3.53. The molecule has 0 spiro atoms. The predicted molar refractivity (Wildman–Crippen MR) is 98.3 cm³/mol. The molecule has 6 nitrogen and oxygen atoms in total. The minimum atomic E-state index is 0.402. The summed E-state index contributed by atoms with van der Waals surface area (Å²) in [6.45, 7) is 2.03. The number of halogens is 1. The van der Waals surface area contributed by atoms with Gasteiger partial charge >= 0.3 is 0 Å². The van der Waals surface area contributed by atoms with Crippen molar-refractivity contribution in [1.82, 2.24) is 15.2 Å². The first kappa shape index (κ1) is 16.2. The van der Waals surface area contributed by atoms with E-state index in [0.717, 1.165) is 27.2 Å². The summed E-state index contributed by atoms with van der Waals surface area (Å²) in [6.07, 6.45) is 1.56. The monoisotopic (exact) mass is 385 g/mol. The van der Waals surface area contributed by atoms with Crippen LogP contribution in [0.15, 0.2) is 53.1 Å². The van der Waals surface area contributed by atoms with E-state index in [-0.39, 0.29) is 0 Å². The molecule has 1 aromatic heterocycles. The Morgan fingerprint density at radius 1 is 1.04 bits per heavy atom. The standard InChI is InChI=1S/C17H16BrN5O/c1-11-7-8-13(12(18)9-11)21-17-22-16(10-19-23-17)20-14-5-3-4-6-15(14)24-2/h3-10H,1-2H3,(H2,20,21,22,23). The van der Waals surface area contributed by atoms with Crippen molar-refractivity contribution in [3.63, 3.8) is 0 Å². The molecule has 7 heteroatoms. The third kappa shape index (κ3) is 3.80. The number of nitrogens with one attached hydrogen (secondary N) is 2. The maximum Gasteiger partial charge on any atom is 0.249 e. The fourth-order valence-corrected chi connectivity index (χ4v) is 2.74. The van der Waals surface area contributed by atoms with E-state index in [2.05, 4.69) is 41.7 Å². The molecule has 24 heavy (non-hydrogen) atoms. The second kappa shape index (κ2) is 7.27. The normalized spacial score (nSPS) is 10.3. The van der Waals surface area contributed by atoms with Gasteiger partial charge in [0.25, 0.3) is 0 Å². The van der Waals surface area contributed by atoms with Gasteiger partial charge in [-0.25, -0.2) is 0 Å². The Labute approximate surface area is 148 Å². The van der Waals surface area contributed by atoms with Crippen molar-refractivity contribution < 1.29 is 4.74 Å². The van der Waals surface area contributed by atoms with Gasteiger partial charge in [-0.05, 0) is 52.7 Å². The van der Waals surface area contributed by atoms with Crippen molar-refractivity contribution in [3.8, 4) is 5.75 Å². The second-order valence-electron chi connectivity index (χ2n) is 5.10. The van der Waals surface area contributed by atoms with E-state index in [9.17, 15) is 0 Å². The SMILES string of the molecule is COc1ccccc1Nc1cnnc(Nc2ccc(C)cc2Br)n1. The highest BCUT2D eigenvalue weighted by atomic mass is 79.9. The molecule has 0 radical (unpaired) electrons. The molecular formula is C17H16BrN5O. The molecule has 0 aliphatic heterocycles. The molecule has 0 aliphatic carbocycles. The van der Waals surface area contributed by atoms with Crippen LogP contribution in [0.3, 0.4) is 0 Å². The largest absolute Gasteiger partial charge is 0.495 e. The van der Waals surface area contributed by atoms with Gasteiger partial charge in [-0.1, -0.05) is 18.2 Å². The lowest BCUT2D eigenvalue weighted by Crippen LogP contribution is -2.03. The van der Waals surface area contributed by atoms with Crippen molar-refractivity contribution in [3.05, 3.63) is 58.7 Å². The fraction of sp³-hybridized carbons (Fsp3) is 0.118. The molecule has 0 unspecified atom stereocenters. The molecule has 3 aromatic rings. The van der Waals surface area contributed by atoms with Crippen LogP contribution in [0.5, 0.6) is 5.75 Å². The van der Waals surface area contributed by atoms with Gasteiger partial charge in [0.2, 0.25) is 5.95 Å². The third-order valence-electron chi connectivity index (χ3n) is 3.30. The highest BCUT2D eigenvalue weighted by Crippen LogP contribution is 2.28. The Bertz CT molecular complexity index is 856. The Morgan fingerprint density at radius 2 is 1.88 bits per heavy atom. The topological polar surface area (TPSA) is 72.0 Å². The molecule has 2 aromatic carbocycles. The number of hydrogen-bond donors (Lipinski definition) is 2. The summed E-state index contributed by atoms with van der Waals surface area (Å²) < 4.78 is 6.26. The molecule has 0 aliphatic rings. The van der Waals surface area contributed by atoms with Gasteiger partial charge in [-0.2, -0.15) is 10.1 Å². The Balaban J connectivity index is 1.81. The summed E-state index contributed by atoms with van der Waals surface area (Å²) in [5.41, 5.74) is 2.85. The quantitative estimate of drug-likeness (QED) is 0.676. The van der Waals surface area contributed by atoms with Crippen LogP contribution in [-0.4, -0.2) is 22.3 Å². The van der Waals surface area contributed by atoms with E-state index in [0.29, 0.717) is 11.8 Å². The molecule has 2 N–H and O–H groups in total. The molecule has 3 rings (SSSR count). The van der Waals surface area contributed by atoms with Crippen LogP contribution in [0.25, 0.3) is 0 Å². The molecule has 0 saturated heterocycles. The molecule has 0 bridgehead atoms.